The van der Waals surface area contributed by atoms with E-state index in [-0.39, 0.29) is 11.9 Å². The molecule has 1 N–H and O–H groups in total. The molecular weight excluding hydrogens is 468 g/mol. The summed E-state index contributed by atoms with van der Waals surface area (Å²) in [5, 5.41) is 8.18. The fourth-order valence-corrected chi connectivity index (χ4v) is 4.31. The van der Waals surface area contributed by atoms with Gasteiger partial charge in [-0.25, -0.2) is 14.5 Å². The average molecular weight is 499 g/mol. The summed E-state index contributed by atoms with van der Waals surface area (Å²) in [4.78, 5) is 32.8. The van der Waals surface area contributed by atoms with Crippen LogP contribution in [0.15, 0.2) is 63.9 Å². The first-order chi connectivity index (χ1) is 17.7. The average Bonchev–Trinajstić information content (AvgIpc) is 3.42. The van der Waals surface area contributed by atoms with Gasteiger partial charge in [0.2, 0.25) is 0 Å². The molecule has 0 aliphatic heterocycles. The summed E-state index contributed by atoms with van der Waals surface area (Å²) in [6.07, 6.45) is 1.69. The van der Waals surface area contributed by atoms with Gasteiger partial charge in [0.25, 0.3) is 5.91 Å². The van der Waals surface area contributed by atoms with Gasteiger partial charge in [-0.2, -0.15) is 5.10 Å². The molecule has 3 heterocycles. The lowest BCUT2D eigenvalue weighted by atomic mass is 10.0. The maximum absolute atomic E-state index is 13.6. The summed E-state index contributed by atoms with van der Waals surface area (Å²) in [5.74, 6) is -0.700. The molecule has 0 radical (unpaired) electrons. The number of oxazole rings is 1. The monoisotopic (exact) mass is 498 g/mol. The third-order valence-corrected chi connectivity index (χ3v) is 6.34. The zero-order valence-electron chi connectivity index (χ0n) is 21.6. The van der Waals surface area contributed by atoms with Gasteiger partial charge in [-0.3, -0.25) is 9.36 Å². The molecule has 0 fully saturated rings. The standard InChI is InChI=1S/C28H30N6O3/c1-17(2)34-26-22(16-29-34)21(15-23(31-26)19-8-6-18(3)7-9-19)27(35)30-20-10-11-25-24(14-20)33(28(36)37-25)13-12-32(4)5/h6-11,14-17H,12-13H2,1-5H3,(H,30,35). The van der Waals surface area contributed by atoms with Crippen LogP contribution in [0.3, 0.4) is 0 Å². The van der Waals surface area contributed by atoms with Crippen LogP contribution in [0.1, 0.15) is 35.8 Å². The highest BCUT2D eigenvalue weighted by atomic mass is 16.4. The Bertz CT molecular complexity index is 1660. The molecule has 0 bridgehead atoms. The number of anilines is 1. The predicted molar refractivity (Wildman–Crippen MR) is 145 cm³/mol. The van der Waals surface area contributed by atoms with E-state index in [0.29, 0.717) is 52.2 Å². The Morgan fingerprint density at radius 1 is 1.11 bits per heavy atom. The lowest BCUT2D eigenvalue weighted by Crippen LogP contribution is -2.23. The zero-order valence-corrected chi connectivity index (χ0v) is 21.6. The molecule has 1 amide bonds. The minimum absolute atomic E-state index is 0.0802. The second-order valence-electron chi connectivity index (χ2n) is 9.80. The SMILES string of the molecule is Cc1ccc(-c2cc(C(=O)Nc3ccc4oc(=O)n(CCN(C)C)c4c3)c3cnn(C(C)C)c3n2)cc1. The Balaban J connectivity index is 1.55. The van der Waals surface area contributed by atoms with Gasteiger partial charge in [0.1, 0.15) is 0 Å². The van der Waals surface area contributed by atoms with Crippen LogP contribution >= 0.6 is 0 Å². The van der Waals surface area contributed by atoms with Crippen LogP contribution in [0.4, 0.5) is 5.69 Å². The van der Waals surface area contributed by atoms with Crippen molar-refractivity contribution in [2.75, 3.05) is 26.0 Å². The van der Waals surface area contributed by atoms with Gasteiger partial charge < -0.3 is 14.6 Å². The minimum Gasteiger partial charge on any atom is -0.408 e. The summed E-state index contributed by atoms with van der Waals surface area (Å²) < 4.78 is 8.79. The lowest BCUT2D eigenvalue weighted by Gasteiger charge is -2.12. The van der Waals surface area contributed by atoms with Crippen LogP contribution in [0.25, 0.3) is 33.4 Å². The smallest absolute Gasteiger partial charge is 0.408 e. The summed E-state index contributed by atoms with van der Waals surface area (Å²) in [7, 11) is 3.89. The van der Waals surface area contributed by atoms with E-state index in [9.17, 15) is 9.59 Å². The topological polar surface area (TPSA) is 98.2 Å². The van der Waals surface area contributed by atoms with Crippen molar-refractivity contribution in [1.82, 2.24) is 24.2 Å². The molecule has 2 aromatic carbocycles. The molecule has 190 valence electrons. The first kappa shape index (κ1) is 24.5. The summed E-state index contributed by atoms with van der Waals surface area (Å²) in [6, 6.07) is 15.1. The number of fused-ring (bicyclic) bond motifs is 2. The molecule has 0 aliphatic carbocycles. The van der Waals surface area contributed by atoms with Crippen LogP contribution in [-0.2, 0) is 6.54 Å². The van der Waals surface area contributed by atoms with E-state index in [1.54, 1.807) is 35.0 Å². The van der Waals surface area contributed by atoms with Crippen molar-refractivity contribution >= 4 is 33.7 Å². The van der Waals surface area contributed by atoms with Crippen molar-refractivity contribution in [3.63, 3.8) is 0 Å². The second kappa shape index (κ2) is 9.67. The van der Waals surface area contributed by atoms with Gasteiger partial charge in [0.05, 0.1) is 28.4 Å². The van der Waals surface area contributed by atoms with Crippen LogP contribution < -0.4 is 11.1 Å². The molecule has 9 nitrogen and oxygen atoms in total. The Labute approximate surface area is 214 Å². The van der Waals surface area contributed by atoms with Crippen molar-refractivity contribution in [2.24, 2.45) is 0 Å². The number of benzene rings is 2. The van der Waals surface area contributed by atoms with Crippen LogP contribution in [0.5, 0.6) is 0 Å². The maximum atomic E-state index is 13.6. The number of pyridine rings is 1. The normalized spacial score (nSPS) is 11.8. The number of nitrogens with one attached hydrogen (secondary N) is 1. The summed E-state index contributed by atoms with van der Waals surface area (Å²) >= 11 is 0. The summed E-state index contributed by atoms with van der Waals surface area (Å²) in [5.41, 5.74) is 5.57. The van der Waals surface area contributed by atoms with E-state index >= 15 is 0 Å². The van der Waals surface area contributed by atoms with Gasteiger partial charge in [-0.1, -0.05) is 29.8 Å². The third kappa shape index (κ3) is 4.77. The fraction of sp³-hybridized carbons (Fsp3) is 0.286. The number of amides is 1. The van der Waals surface area contributed by atoms with E-state index in [2.05, 4.69) is 10.4 Å². The number of rotatable bonds is 7. The van der Waals surface area contributed by atoms with Gasteiger partial charge >= 0.3 is 5.76 Å². The van der Waals surface area contributed by atoms with Gasteiger partial charge in [-0.05, 0) is 59.1 Å². The molecular formula is C28H30N6O3. The Kier molecular flexibility index (Phi) is 6.39. The van der Waals surface area contributed by atoms with Crippen molar-refractivity contribution < 1.29 is 9.21 Å². The molecule has 37 heavy (non-hydrogen) atoms. The number of aromatic nitrogens is 4. The van der Waals surface area contributed by atoms with Crippen LogP contribution in [0.2, 0.25) is 0 Å². The first-order valence-electron chi connectivity index (χ1n) is 12.3. The van der Waals surface area contributed by atoms with Crippen molar-refractivity contribution in [1.29, 1.82) is 0 Å². The second-order valence-corrected chi connectivity index (χ2v) is 9.80. The maximum Gasteiger partial charge on any atom is 0.419 e. The molecule has 5 aromatic rings. The van der Waals surface area contributed by atoms with Gasteiger partial charge in [0.15, 0.2) is 11.2 Å². The largest absolute Gasteiger partial charge is 0.419 e. The molecule has 5 rings (SSSR count). The quantitative estimate of drug-likeness (QED) is 0.349. The Morgan fingerprint density at radius 3 is 2.57 bits per heavy atom. The fourth-order valence-electron chi connectivity index (χ4n) is 4.31. The van der Waals surface area contributed by atoms with E-state index < -0.39 is 5.76 Å². The molecule has 0 saturated heterocycles. The van der Waals surface area contributed by atoms with E-state index in [0.717, 1.165) is 11.1 Å². The Hall–Kier alpha value is -4.24. The highest BCUT2D eigenvalue weighted by Gasteiger charge is 2.19. The van der Waals surface area contributed by atoms with Crippen LogP contribution in [-0.4, -0.2) is 50.8 Å². The van der Waals surface area contributed by atoms with Crippen molar-refractivity contribution in [3.05, 3.63) is 76.4 Å². The van der Waals surface area contributed by atoms with E-state index in [4.69, 9.17) is 9.40 Å². The number of hydrogen-bond acceptors (Lipinski definition) is 6. The molecule has 3 aromatic heterocycles. The molecule has 0 unspecified atom stereocenters. The molecule has 0 atom stereocenters. The molecule has 9 heteroatoms. The highest BCUT2D eigenvalue weighted by Crippen LogP contribution is 2.28. The number of carbonyl (C=O) groups is 1. The van der Waals surface area contributed by atoms with Crippen LogP contribution in [0, 0.1) is 6.92 Å². The zero-order chi connectivity index (χ0) is 26.3. The highest BCUT2D eigenvalue weighted by molar-refractivity contribution is 6.13. The number of aryl methyl sites for hydroxylation is 1. The number of carbonyl (C=O) groups excluding carboxylic acids is 1. The summed E-state index contributed by atoms with van der Waals surface area (Å²) in [6.45, 7) is 7.26. The number of likely N-dealkylation sites (N-methyl/N-ethyl adjacent to an activating group) is 1. The molecule has 0 spiro atoms. The van der Waals surface area contributed by atoms with Crippen molar-refractivity contribution in [3.8, 4) is 11.3 Å². The predicted octanol–water partition coefficient (Wildman–Crippen LogP) is 4.71. The molecule has 0 saturated carbocycles. The molecule has 0 aliphatic rings. The van der Waals surface area contributed by atoms with E-state index in [1.807, 2.05) is 68.7 Å². The van der Waals surface area contributed by atoms with Crippen molar-refractivity contribution in [2.45, 2.75) is 33.4 Å². The van der Waals surface area contributed by atoms with Gasteiger partial charge in [0, 0.05) is 30.4 Å². The first-order valence-corrected chi connectivity index (χ1v) is 12.3. The minimum atomic E-state index is -0.417. The number of hydrogen-bond donors (Lipinski definition) is 1. The number of nitrogens with zero attached hydrogens (tertiary/aromatic N) is 5. The lowest BCUT2D eigenvalue weighted by molar-refractivity contribution is 0.102. The Morgan fingerprint density at radius 2 is 1.86 bits per heavy atom. The third-order valence-electron chi connectivity index (χ3n) is 6.34. The van der Waals surface area contributed by atoms with E-state index in [1.165, 1.54) is 0 Å². The van der Waals surface area contributed by atoms with Gasteiger partial charge in [-0.15, -0.1) is 0 Å².